The fraction of sp³-hybridized carbons (Fsp3) is 0.750. The molecule has 6 rings (SSSR count). The number of carbonyl (C=O) groups excluding carboxylic acids is 5. The van der Waals surface area contributed by atoms with Crippen LogP contribution >= 0.6 is 0 Å². The zero-order chi connectivity index (χ0) is 27.9. The summed E-state index contributed by atoms with van der Waals surface area (Å²) in [5, 5.41) is 0. The van der Waals surface area contributed by atoms with E-state index in [0.29, 0.717) is 24.8 Å². The number of ketones is 1. The summed E-state index contributed by atoms with van der Waals surface area (Å²) < 4.78 is 30.2. The molecular formula is C28H36O10. The number of hydrogen-bond acceptors (Lipinski definition) is 10. The van der Waals surface area contributed by atoms with E-state index in [1.165, 1.54) is 27.7 Å². The van der Waals surface area contributed by atoms with Gasteiger partial charge in [0.25, 0.3) is 0 Å². The number of rotatable bonds is 4. The van der Waals surface area contributed by atoms with Gasteiger partial charge in [0.1, 0.15) is 23.7 Å². The van der Waals surface area contributed by atoms with Crippen molar-refractivity contribution in [2.75, 3.05) is 0 Å². The Morgan fingerprint density at radius 2 is 1.50 bits per heavy atom. The van der Waals surface area contributed by atoms with Gasteiger partial charge in [0.05, 0.1) is 11.5 Å². The average Bonchev–Trinajstić information content (AvgIpc) is 2.90. The lowest BCUT2D eigenvalue weighted by atomic mass is 9.36. The van der Waals surface area contributed by atoms with Gasteiger partial charge in [-0.25, -0.2) is 0 Å². The SMILES string of the molecule is C=C1C(=O)C23C(OC(C)=O)[C@H]1C[C@H](OC(C)=O)[C@H]2[C@@]12[C@H](OC(C)=O)O[C@H]3C[C@@H]1C(C)(C)CC[C@H]2OC(C)=O. The molecule has 6 aliphatic rings. The molecule has 0 aromatic rings. The number of esters is 4. The minimum atomic E-state index is -1.44. The van der Waals surface area contributed by atoms with Crippen molar-refractivity contribution in [3.63, 3.8) is 0 Å². The fourth-order valence-corrected chi connectivity index (χ4v) is 9.04. The van der Waals surface area contributed by atoms with Gasteiger partial charge in [-0.15, -0.1) is 0 Å². The summed E-state index contributed by atoms with van der Waals surface area (Å²) in [6, 6.07) is 0. The summed E-state index contributed by atoms with van der Waals surface area (Å²) >= 11 is 0. The van der Waals surface area contributed by atoms with Crippen LogP contribution in [-0.2, 0) is 47.7 Å². The highest BCUT2D eigenvalue weighted by atomic mass is 16.7. The number of carbonyl (C=O) groups is 5. The predicted octanol–water partition coefficient (Wildman–Crippen LogP) is 2.66. The molecule has 10 nitrogen and oxygen atoms in total. The highest BCUT2D eigenvalue weighted by Crippen LogP contribution is 2.76. The van der Waals surface area contributed by atoms with Gasteiger partial charge >= 0.3 is 23.9 Å². The Bertz CT molecular complexity index is 1100. The van der Waals surface area contributed by atoms with Gasteiger partial charge in [0.2, 0.25) is 6.29 Å². The quantitative estimate of drug-likeness (QED) is 0.302. The molecule has 0 radical (unpaired) electrons. The highest BCUT2D eigenvalue weighted by Gasteiger charge is 2.86. The van der Waals surface area contributed by atoms with Gasteiger partial charge in [-0.2, -0.15) is 0 Å². The summed E-state index contributed by atoms with van der Waals surface area (Å²) in [6.07, 6.45) is -2.79. The first-order valence-corrected chi connectivity index (χ1v) is 13.3. The molecule has 0 aromatic carbocycles. The number of Topliss-reactive ketones (excluding diaryl/α,β-unsaturated/α-hetero) is 1. The fourth-order valence-electron chi connectivity index (χ4n) is 9.04. The summed E-state index contributed by atoms with van der Waals surface area (Å²) in [5.74, 6) is -4.14. The Hall–Kier alpha value is -2.75. The lowest BCUT2D eigenvalue weighted by molar-refractivity contribution is -0.410. The van der Waals surface area contributed by atoms with Crippen molar-refractivity contribution < 1.29 is 47.7 Å². The monoisotopic (exact) mass is 532 g/mol. The van der Waals surface area contributed by atoms with Crippen molar-refractivity contribution in [3.8, 4) is 0 Å². The van der Waals surface area contributed by atoms with Crippen LogP contribution in [0.2, 0.25) is 0 Å². The second-order valence-electron chi connectivity index (χ2n) is 12.3. The Labute approximate surface area is 221 Å². The van der Waals surface area contributed by atoms with Crippen LogP contribution in [0.4, 0.5) is 0 Å². The third kappa shape index (κ3) is 3.37. The minimum Gasteiger partial charge on any atom is -0.462 e. The van der Waals surface area contributed by atoms with Crippen molar-refractivity contribution in [2.45, 2.75) is 97.9 Å². The summed E-state index contributed by atoms with van der Waals surface area (Å²) in [5.41, 5.74) is -2.73. The maximum atomic E-state index is 14.3. The normalized spacial score (nSPS) is 43.9. The van der Waals surface area contributed by atoms with Gasteiger partial charge in [-0.1, -0.05) is 20.4 Å². The molecule has 4 aliphatic carbocycles. The van der Waals surface area contributed by atoms with E-state index in [2.05, 4.69) is 20.4 Å². The van der Waals surface area contributed by atoms with Crippen LogP contribution < -0.4 is 0 Å². The Morgan fingerprint density at radius 1 is 0.895 bits per heavy atom. The van der Waals surface area contributed by atoms with Crippen molar-refractivity contribution >= 4 is 29.7 Å². The zero-order valence-corrected chi connectivity index (χ0v) is 22.7. The van der Waals surface area contributed by atoms with Crippen LogP contribution in [-0.4, -0.2) is 60.4 Å². The molecule has 6 fully saturated rings. The second kappa shape index (κ2) is 8.63. The molecule has 0 amide bonds. The van der Waals surface area contributed by atoms with Crippen molar-refractivity contribution in [2.24, 2.45) is 34.0 Å². The highest BCUT2D eigenvalue weighted by molar-refractivity contribution is 6.05. The van der Waals surface area contributed by atoms with Crippen molar-refractivity contribution in [1.29, 1.82) is 0 Å². The largest absolute Gasteiger partial charge is 0.462 e. The topological polar surface area (TPSA) is 132 Å². The second-order valence-corrected chi connectivity index (χ2v) is 12.3. The summed E-state index contributed by atoms with van der Waals surface area (Å²) in [4.78, 5) is 64.0. The molecule has 4 bridgehead atoms. The molecule has 208 valence electrons. The van der Waals surface area contributed by atoms with Crippen molar-refractivity contribution in [3.05, 3.63) is 12.2 Å². The van der Waals surface area contributed by atoms with Gasteiger partial charge in [0.15, 0.2) is 5.78 Å². The Morgan fingerprint density at radius 3 is 2.08 bits per heavy atom. The molecule has 2 unspecified atom stereocenters. The molecular weight excluding hydrogens is 496 g/mol. The molecule has 10 atom stereocenters. The average molecular weight is 533 g/mol. The zero-order valence-electron chi connectivity index (χ0n) is 22.7. The van der Waals surface area contributed by atoms with E-state index in [0.717, 1.165) is 0 Å². The first-order chi connectivity index (χ1) is 17.7. The van der Waals surface area contributed by atoms with Gasteiger partial charge < -0.3 is 23.7 Å². The van der Waals surface area contributed by atoms with Gasteiger partial charge in [-0.05, 0) is 42.6 Å². The standard InChI is InChI=1S/C28H36O10/c1-12-17-10-18(34-13(2)29)22-27-19(26(6,7)9-8-20(27)35-14(3)30)11-21(38-25(27)37-16(5)32)28(22,23(12)33)24(17)36-15(4)31/h17-22,24-25H,1,8-11H2,2-7H3/t17-,18-,19+,20+,21-,22-,24?,25+,27+,28?/m0/s1. The van der Waals surface area contributed by atoms with E-state index < -0.39 is 77.2 Å². The van der Waals surface area contributed by atoms with Crippen molar-refractivity contribution in [1.82, 2.24) is 0 Å². The Kier molecular flexibility index (Phi) is 6.09. The molecule has 10 heteroatoms. The van der Waals surface area contributed by atoms with Crippen LogP contribution in [0.5, 0.6) is 0 Å². The van der Waals surface area contributed by atoms with Crippen LogP contribution in [0.25, 0.3) is 0 Å². The third-order valence-electron chi connectivity index (χ3n) is 9.91. The molecule has 38 heavy (non-hydrogen) atoms. The minimum absolute atomic E-state index is 0.190. The first-order valence-electron chi connectivity index (χ1n) is 13.3. The van der Waals surface area contributed by atoms with E-state index in [1.807, 2.05) is 0 Å². The number of ether oxygens (including phenoxy) is 5. The molecule has 0 N–H and O–H groups in total. The van der Waals surface area contributed by atoms with Crippen LogP contribution in [0.15, 0.2) is 12.2 Å². The smallest absolute Gasteiger partial charge is 0.304 e. The molecule has 2 aliphatic heterocycles. The van der Waals surface area contributed by atoms with Gasteiger partial charge in [0, 0.05) is 39.5 Å². The van der Waals surface area contributed by atoms with E-state index >= 15 is 0 Å². The molecule has 4 saturated carbocycles. The molecule has 0 aromatic heterocycles. The molecule has 2 spiro atoms. The van der Waals surface area contributed by atoms with E-state index in [-0.39, 0.29) is 23.5 Å². The molecule has 2 saturated heterocycles. The Balaban J connectivity index is 1.83. The lowest BCUT2D eigenvalue weighted by Crippen LogP contribution is -2.81. The predicted molar refractivity (Wildman–Crippen MR) is 129 cm³/mol. The lowest BCUT2D eigenvalue weighted by Gasteiger charge is -2.73. The van der Waals surface area contributed by atoms with Crippen LogP contribution in [0.3, 0.4) is 0 Å². The third-order valence-corrected chi connectivity index (χ3v) is 9.91. The number of fused-ring (bicyclic) bond motifs is 2. The van der Waals surface area contributed by atoms with E-state index in [4.69, 9.17) is 23.7 Å². The van der Waals surface area contributed by atoms with E-state index in [1.54, 1.807) is 0 Å². The maximum Gasteiger partial charge on any atom is 0.304 e. The summed E-state index contributed by atoms with van der Waals surface area (Å²) in [6.45, 7) is 13.4. The van der Waals surface area contributed by atoms with Crippen LogP contribution in [0.1, 0.15) is 67.2 Å². The first kappa shape index (κ1) is 26.8. The van der Waals surface area contributed by atoms with E-state index in [9.17, 15) is 24.0 Å². The van der Waals surface area contributed by atoms with Gasteiger partial charge in [-0.3, -0.25) is 24.0 Å². The number of hydrogen-bond donors (Lipinski definition) is 0. The maximum absolute atomic E-state index is 14.3. The molecule has 2 heterocycles. The summed E-state index contributed by atoms with van der Waals surface area (Å²) in [7, 11) is 0. The van der Waals surface area contributed by atoms with Crippen LogP contribution in [0, 0.1) is 34.0 Å².